The standard InChI is InChI=1S/C8H11NO4/c1-13-8(12)4-2-3-5(9)6(4)7(10)11/h5H,2-3,9H2,1H3,(H,10,11). The summed E-state index contributed by atoms with van der Waals surface area (Å²) >= 11 is 0. The molecule has 1 atom stereocenters. The van der Waals surface area contributed by atoms with Crippen molar-refractivity contribution in [2.45, 2.75) is 18.9 Å². The van der Waals surface area contributed by atoms with E-state index in [9.17, 15) is 9.59 Å². The van der Waals surface area contributed by atoms with E-state index in [4.69, 9.17) is 10.8 Å². The first-order valence-electron chi connectivity index (χ1n) is 3.88. The van der Waals surface area contributed by atoms with E-state index in [1.54, 1.807) is 0 Å². The number of methoxy groups -OCH3 is 1. The number of esters is 1. The predicted octanol–water partition coefficient (Wildman–Crippen LogP) is -0.338. The number of carbonyl (C=O) groups excluding carboxylic acids is 1. The van der Waals surface area contributed by atoms with Crippen LogP contribution in [0.5, 0.6) is 0 Å². The maximum Gasteiger partial charge on any atom is 0.334 e. The highest BCUT2D eigenvalue weighted by Gasteiger charge is 2.31. The summed E-state index contributed by atoms with van der Waals surface area (Å²) in [5.41, 5.74) is 5.71. The van der Waals surface area contributed by atoms with Gasteiger partial charge in [-0.25, -0.2) is 9.59 Å². The minimum Gasteiger partial charge on any atom is -0.478 e. The maximum atomic E-state index is 11.1. The number of nitrogens with two attached hydrogens (primary N) is 1. The summed E-state index contributed by atoms with van der Waals surface area (Å²) in [6, 6.07) is -0.549. The summed E-state index contributed by atoms with van der Waals surface area (Å²) in [6.07, 6.45) is 0.877. The van der Waals surface area contributed by atoms with Crippen molar-refractivity contribution in [2.75, 3.05) is 7.11 Å². The van der Waals surface area contributed by atoms with Crippen LogP contribution < -0.4 is 5.73 Å². The zero-order valence-electron chi connectivity index (χ0n) is 7.24. The van der Waals surface area contributed by atoms with Crippen molar-refractivity contribution < 1.29 is 19.4 Å². The van der Waals surface area contributed by atoms with Gasteiger partial charge in [-0.1, -0.05) is 0 Å². The Hall–Kier alpha value is -1.36. The molecule has 5 nitrogen and oxygen atoms in total. The lowest BCUT2D eigenvalue weighted by atomic mass is 10.1. The van der Waals surface area contributed by atoms with Crippen LogP contribution in [0.4, 0.5) is 0 Å². The molecule has 0 bridgehead atoms. The molecular weight excluding hydrogens is 174 g/mol. The summed E-state index contributed by atoms with van der Waals surface area (Å²) < 4.78 is 4.45. The summed E-state index contributed by atoms with van der Waals surface area (Å²) in [4.78, 5) is 21.8. The van der Waals surface area contributed by atoms with Gasteiger partial charge in [0.05, 0.1) is 12.7 Å². The molecule has 0 radical (unpaired) electrons. The first kappa shape index (κ1) is 9.73. The SMILES string of the molecule is COC(=O)C1=C(C(=O)O)C(N)CC1. The molecule has 1 aliphatic rings. The summed E-state index contributed by atoms with van der Waals surface area (Å²) in [7, 11) is 1.22. The van der Waals surface area contributed by atoms with Gasteiger partial charge >= 0.3 is 11.9 Å². The van der Waals surface area contributed by atoms with Crippen LogP contribution in [-0.2, 0) is 14.3 Å². The van der Waals surface area contributed by atoms with Crippen LogP contribution in [-0.4, -0.2) is 30.2 Å². The van der Waals surface area contributed by atoms with Gasteiger partial charge < -0.3 is 15.6 Å². The average Bonchev–Trinajstić information content (AvgIpc) is 2.45. The topological polar surface area (TPSA) is 89.6 Å². The Kier molecular flexibility index (Phi) is 2.67. The van der Waals surface area contributed by atoms with Gasteiger partial charge in [-0.05, 0) is 12.8 Å². The number of ether oxygens (including phenoxy) is 1. The third-order valence-corrected chi connectivity index (χ3v) is 2.06. The molecule has 0 aromatic rings. The van der Waals surface area contributed by atoms with E-state index in [0.717, 1.165) is 0 Å². The number of hydrogen-bond acceptors (Lipinski definition) is 4. The number of carboxylic acid groups (broad SMARTS) is 1. The Balaban J connectivity index is 3.02. The van der Waals surface area contributed by atoms with Crippen LogP contribution in [0.2, 0.25) is 0 Å². The van der Waals surface area contributed by atoms with E-state index in [1.807, 2.05) is 0 Å². The minimum atomic E-state index is -1.13. The minimum absolute atomic E-state index is 0.00755. The molecule has 0 heterocycles. The third-order valence-electron chi connectivity index (χ3n) is 2.06. The third kappa shape index (κ3) is 1.70. The number of carboxylic acids is 1. The summed E-state index contributed by atoms with van der Waals surface area (Å²) in [5.74, 6) is -1.73. The molecule has 1 aliphatic carbocycles. The molecule has 5 heteroatoms. The van der Waals surface area contributed by atoms with Gasteiger partial charge in [0, 0.05) is 11.6 Å². The lowest BCUT2D eigenvalue weighted by Crippen LogP contribution is -2.24. The second-order valence-electron chi connectivity index (χ2n) is 2.83. The van der Waals surface area contributed by atoms with Crippen LogP contribution in [0.1, 0.15) is 12.8 Å². The quantitative estimate of drug-likeness (QED) is 0.574. The van der Waals surface area contributed by atoms with Crippen molar-refractivity contribution in [3.05, 3.63) is 11.1 Å². The lowest BCUT2D eigenvalue weighted by Gasteiger charge is -2.04. The molecule has 0 fully saturated rings. The fourth-order valence-electron chi connectivity index (χ4n) is 1.43. The van der Waals surface area contributed by atoms with E-state index in [-0.39, 0.29) is 11.1 Å². The molecule has 0 spiro atoms. The Bertz CT molecular complexity index is 282. The van der Waals surface area contributed by atoms with Crippen molar-refractivity contribution in [3.8, 4) is 0 Å². The zero-order chi connectivity index (χ0) is 10.0. The van der Waals surface area contributed by atoms with Crippen LogP contribution >= 0.6 is 0 Å². The molecule has 0 saturated carbocycles. The molecule has 0 aliphatic heterocycles. The van der Waals surface area contributed by atoms with Crippen LogP contribution in [0.3, 0.4) is 0 Å². The predicted molar refractivity (Wildman–Crippen MR) is 43.9 cm³/mol. The number of rotatable bonds is 2. The Morgan fingerprint density at radius 1 is 1.62 bits per heavy atom. The molecule has 0 saturated heterocycles. The molecule has 0 amide bonds. The van der Waals surface area contributed by atoms with E-state index >= 15 is 0 Å². The van der Waals surface area contributed by atoms with Crippen molar-refractivity contribution in [3.63, 3.8) is 0 Å². The highest BCUT2D eigenvalue weighted by molar-refractivity contribution is 6.01. The summed E-state index contributed by atoms with van der Waals surface area (Å²) in [5, 5.41) is 8.75. The van der Waals surface area contributed by atoms with Crippen LogP contribution in [0.25, 0.3) is 0 Å². The van der Waals surface area contributed by atoms with Crippen molar-refractivity contribution in [2.24, 2.45) is 5.73 Å². The number of aliphatic carboxylic acids is 1. The van der Waals surface area contributed by atoms with Crippen molar-refractivity contribution >= 4 is 11.9 Å². The van der Waals surface area contributed by atoms with Gasteiger partial charge in [-0.2, -0.15) is 0 Å². The highest BCUT2D eigenvalue weighted by Crippen LogP contribution is 2.26. The molecule has 0 aromatic carbocycles. The molecule has 1 unspecified atom stereocenters. The van der Waals surface area contributed by atoms with Gasteiger partial charge in [0.1, 0.15) is 0 Å². The fourth-order valence-corrected chi connectivity index (χ4v) is 1.43. The Morgan fingerprint density at radius 3 is 2.69 bits per heavy atom. The average molecular weight is 185 g/mol. The molecular formula is C8H11NO4. The van der Waals surface area contributed by atoms with Gasteiger partial charge in [0.25, 0.3) is 0 Å². The maximum absolute atomic E-state index is 11.1. The second kappa shape index (κ2) is 3.57. The highest BCUT2D eigenvalue weighted by atomic mass is 16.5. The first-order valence-corrected chi connectivity index (χ1v) is 3.88. The van der Waals surface area contributed by atoms with E-state index in [0.29, 0.717) is 12.8 Å². The van der Waals surface area contributed by atoms with E-state index in [1.165, 1.54) is 7.11 Å². The smallest absolute Gasteiger partial charge is 0.334 e. The first-order chi connectivity index (χ1) is 6.07. The van der Waals surface area contributed by atoms with Gasteiger partial charge in [0.15, 0.2) is 0 Å². The number of hydrogen-bond donors (Lipinski definition) is 2. The fraction of sp³-hybridized carbons (Fsp3) is 0.500. The van der Waals surface area contributed by atoms with E-state index < -0.39 is 18.0 Å². The Morgan fingerprint density at radius 2 is 2.23 bits per heavy atom. The Labute approximate surface area is 75.2 Å². The zero-order valence-corrected chi connectivity index (χ0v) is 7.24. The van der Waals surface area contributed by atoms with Crippen LogP contribution in [0, 0.1) is 0 Å². The summed E-state index contributed by atoms with van der Waals surface area (Å²) in [6.45, 7) is 0. The van der Waals surface area contributed by atoms with Gasteiger partial charge in [-0.15, -0.1) is 0 Å². The second-order valence-corrected chi connectivity index (χ2v) is 2.83. The van der Waals surface area contributed by atoms with Crippen molar-refractivity contribution in [1.82, 2.24) is 0 Å². The molecule has 0 aromatic heterocycles. The van der Waals surface area contributed by atoms with Gasteiger partial charge in [-0.3, -0.25) is 0 Å². The van der Waals surface area contributed by atoms with Gasteiger partial charge in [0.2, 0.25) is 0 Å². The molecule has 1 rings (SSSR count). The molecule has 72 valence electrons. The normalized spacial score (nSPS) is 21.8. The largest absolute Gasteiger partial charge is 0.478 e. The monoisotopic (exact) mass is 185 g/mol. The molecule has 13 heavy (non-hydrogen) atoms. The van der Waals surface area contributed by atoms with Crippen molar-refractivity contribution in [1.29, 1.82) is 0 Å². The molecule has 3 N–H and O–H groups in total. The van der Waals surface area contributed by atoms with E-state index in [2.05, 4.69) is 4.74 Å². The number of carbonyl (C=O) groups is 2. The lowest BCUT2D eigenvalue weighted by molar-refractivity contribution is -0.138. The van der Waals surface area contributed by atoms with Crippen LogP contribution in [0.15, 0.2) is 11.1 Å².